The Morgan fingerprint density at radius 1 is 1.23 bits per heavy atom. The van der Waals surface area contributed by atoms with E-state index in [-0.39, 0.29) is 29.7 Å². The van der Waals surface area contributed by atoms with Gasteiger partial charge in [-0.2, -0.15) is 0 Å². The molecule has 0 aliphatic heterocycles. The van der Waals surface area contributed by atoms with Crippen LogP contribution < -0.4 is 14.8 Å². The second kappa shape index (κ2) is 13.2. The number of hydrogen-bond donors (Lipinski definition) is 2. The Balaban J connectivity index is 0.00000625. The number of rotatable bonds is 10. The average Bonchev–Trinajstić information content (AvgIpc) is 2.61. The minimum Gasteiger partial charge on any atom is -0.497 e. The number of nitrogens with one attached hydrogen (secondary N) is 2. The Morgan fingerprint density at radius 3 is 2.42 bits per heavy atom. The number of methoxy groups -OCH3 is 1. The zero-order chi connectivity index (χ0) is 18.7. The molecule has 1 aromatic rings. The van der Waals surface area contributed by atoms with Crippen LogP contribution in [0.5, 0.6) is 5.75 Å². The zero-order valence-corrected chi connectivity index (χ0v) is 19.1. The minimum absolute atomic E-state index is 0. The topological polar surface area (TPSA) is 83.0 Å². The normalized spacial score (nSPS) is 11.6. The zero-order valence-electron chi connectivity index (χ0n) is 16.0. The van der Waals surface area contributed by atoms with Crippen LogP contribution in [0.2, 0.25) is 0 Å². The molecule has 0 saturated carbocycles. The fourth-order valence-electron chi connectivity index (χ4n) is 2.14. The van der Waals surface area contributed by atoms with E-state index in [1.54, 1.807) is 14.0 Å². The smallest absolute Gasteiger partial charge is 0.211 e. The van der Waals surface area contributed by atoms with Crippen LogP contribution in [-0.4, -0.2) is 58.8 Å². The number of benzene rings is 1. The maximum Gasteiger partial charge on any atom is 0.211 e. The highest BCUT2D eigenvalue weighted by Crippen LogP contribution is 2.12. The molecule has 1 aromatic carbocycles. The van der Waals surface area contributed by atoms with Crippen LogP contribution in [0.3, 0.4) is 0 Å². The Morgan fingerprint density at radius 2 is 1.88 bits per heavy atom. The van der Waals surface area contributed by atoms with Gasteiger partial charge in [-0.1, -0.05) is 12.1 Å². The van der Waals surface area contributed by atoms with E-state index in [0.29, 0.717) is 19.5 Å². The third kappa shape index (κ3) is 9.58. The highest BCUT2D eigenvalue weighted by molar-refractivity contribution is 14.0. The summed E-state index contributed by atoms with van der Waals surface area (Å²) in [6.45, 7) is 6.10. The lowest BCUT2D eigenvalue weighted by Crippen LogP contribution is -2.38. The fourth-order valence-corrected chi connectivity index (χ4v) is 2.80. The Bertz CT molecular complexity index is 636. The Kier molecular flexibility index (Phi) is 12.6. The molecule has 1 rings (SSSR count). The highest BCUT2D eigenvalue weighted by atomic mass is 127. The SMILES string of the molecule is CCNC(=NCCCNS(=O)(=O)CC)N(C)Cc1ccc(OC)cc1.I. The van der Waals surface area contributed by atoms with Crippen molar-refractivity contribution in [1.29, 1.82) is 0 Å². The molecule has 0 bridgehead atoms. The van der Waals surface area contributed by atoms with Crippen LogP contribution in [0.1, 0.15) is 25.8 Å². The third-order valence-corrected chi connectivity index (χ3v) is 4.98. The lowest BCUT2D eigenvalue weighted by molar-refractivity contribution is 0.414. The summed E-state index contributed by atoms with van der Waals surface area (Å²) in [6.07, 6.45) is 0.657. The van der Waals surface area contributed by atoms with E-state index in [1.165, 1.54) is 0 Å². The van der Waals surface area contributed by atoms with E-state index in [1.807, 2.05) is 43.1 Å². The maximum absolute atomic E-state index is 11.4. The van der Waals surface area contributed by atoms with Crippen LogP contribution >= 0.6 is 24.0 Å². The molecule has 150 valence electrons. The molecule has 0 radical (unpaired) electrons. The van der Waals surface area contributed by atoms with Crippen LogP contribution in [0.25, 0.3) is 0 Å². The lowest BCUT2D eigenvalue weighted by Gasteiger charge is -2.22. The summed E-state index contributed by atoms with van der Waals surface area (Å²) in [7, 11) is 0.500. The molecule has 9 heteroatoms. The number of aliphatic imine (C=N–C) groups is 1. The summed E-state index contributed by atoms with van der Waals surface area (Å²) in [4.78, 5) is 6.60. The van der Waals surface area contributed by atoms with Gasteiger partial charge in [0.05, 0.1) is 12.9 Å². The first kappa shape index (κ1) is 24.9. The number of halogens is 1. The standard InChI is InChI=1S/C17H30N4O3S.HI/c1-5-18-17(19-12-7-13-20-25(22,23)6-2)21(3)14-15-8-10-16(24-4)11-9-15;/h8-11,20H,5-7,12-14H2,1-4H3,(H,18,19);1H. The van der Waals surface area contributed by atoms with Gasteiger partial charge in [0.2, 0.25) is 10.0 Å². The molecule has 7 nitrogen and oxygen atoms in total. The van der Waals surface area contributed by atoms with E-state index >= 15 is 0 Å². The van der Waals surface area contributed by atoms with E-state index in [2.05, 4.69) is 15.0 Å². The molecule has 26 heavy (non-hydrogen) atoms. The van der Waals surface area contributed by atoms with Gasteiger partial charge in [-0.3, -0.25) is 4.99 Å². The van der Waals surface area contributed by atoms with Gasteiger partial charge in [-0.15, -0.1) is 24.0 Å². The van der Waals surface area contributed by atoms with Crippen molar-refractivity contribution in [1.82, 2.24) is 14.9 Å². The molecule has 0 aliphatic carbocycles. The molecule has 0 aromatic heterocycles. The van der Waals surface area contributed by atoms with Gasteiger partial charge in [0.15, 0.2) is 5.96 Å². The maximum atomic E-state index is 11.4. The molecule has 0 heterocycles. The van der Waals surface area contributed by atoms with E-state index in [0.717, 1.165) is 30.4 Å². The number of ether oxygens (including phenoxy) is 1. The van der Waals surface area contributed by atoms with Crippen LogP contribution in [0.4, 0.5) is 0 Å². The second-order valence-corrected chi connectivity index (χ2v) is 7.69. The van der Waals surface area contributed by atoms with Crippen molar-refractivity contribution in [2.75, 3.05) is 39.5 Å². The van der Waals surface area contributed by atoms with E-state index in [9.17, 15) is 8.42 Å². The summed E-state index contributed by atoms with van der Waals surface area (Å²) >= 11 is 0. The van der Waals surface area contributed by atoms with Crippen molar-refractivity contribution in [3.8, 4) is 5.75 Å². The first-order valence-electron chi connectivity index (χ1n) is 8.51. The summed E-state index contributed by atoms with van der Waals surface area (Å²) in [5.74, 6) is 1.74. The minimum atomic E-state index is -3.13. The molecule has 0 aliphatic rings. The number of hydrogen-bond acceptors (Lipinski definition) is 4. The Hall–Kier alpha value is -1.07. The first-order valence-corrected chi connectivity index (χ1v) is 10.2. The van der Waals surface area contributed by atoms with E-state index in [4.69, 9.17) is 4.74 Å². The average molecular weight is 498 g/mol. The van der Waals surface area contributed by atoms with Crippen molar-refractivity contribution in [2.45, 2.75) is 26.8 Å². The van der Waals surface area contributed by atoms with Gasteiger partial charge in [-0.25, -0.2) is 13.1 Å². The van der Waals surface area contributed by atoms with Crippen molar-refractivity contribution in [3.63, 3.8) is 0 Å². The Labute approximate surface area is 174 Å². The lowest BCUT2D eigenvalue weighted by atomic mass is 10.2. The van der Waals surface area contributed by atoms with Gasteiger partial charge in [0.1, 0.15) is 5.75 Å². The van der Waals surface area contributed by atoms with Crippen molar-refractivity contribution in [2.24, 2.45) is 4.99 Å². The van der Waals surface area contributed by atoms with Crippen molar-refractivity contribution >= 4 is 40.0 Å². The monoisotopic (exact) mass is 498 g/mol. The van der Waals surface area contributed by atoms with Crippen LogP contribution in [-0.2, 0) is 16.6 Å². The molecule has 0 saturated heterocycles. The van der Waals surface area contributed by atoms with Gasteiger partial charge in [0.25, 0.3) is 0 Å². The van der Waals surface area contributed by atoms with Gasteiger partial charge < -0.3 is 15.0 Å². The predicted octanol–water partition coefficient (Wildman–Crippen LogP) is 2.04. The van der Waals surface area contributed by atoms with Gasteiger partial charge in [-0.05, 0) is 38.0 Å². The second-order valence-electron chi connectivity index (χ2n) is 5.59. The number of guanidine groups is 1. The molecule has 2 N–H and O–H groups in total. The molecular formula is C17H31IN4O3S. The largest absolute Gasteiger partial charge is 0.497 e. The quantitative estimate of drug-likeness (QED) is 0.223. The van der Waals surface area contributed by atoms with Crippen molar-refractivity contribution < 1.29 is 13.2 Å². The van der Waals surface area contributed by atoms with Gasteiger partial charge in [0, 0.05) is 33.2 Å². The first-order chi connectivity index (χ1) is 11.9. The van der Waals surface area contributed by atoms with E-state index < -0.39 is 10.0 Å². The summed E-state index contributed by atoms with van der Waals surface area (Å²) in [6, 6.07) is 7.93. The molecule has 0 fully saturated rings. The van der Waals surface area contributed by atoms with Crippen molar-refractivity contribution in [3.05, 3.63) is 29.8 Å². The molecule has 0 atom stereocenters. The van der Waals surface area contributed by atoms with Crippen LogP contribution in [0, 0.1) is 0 Å². The summed E-state index contributed by atoms with van der Waals surface area (Å²) in [5.41, 5.74) is 1.16. The molecule has 0 spiro atoms. The molecule has 0 unspecified atom stereocenters. The van der Waals surface area contributed by atoms with Crippen LogP contribution in [0.15, 0.2) is 29.3 Å². The fraction of sp³-hybridized carbons (Fsp3) is 0.588. The highest BCUT2D eigenvalue weighted by Gasteiger charge is 2.07. The predicted molar refractivity (Wildman–Crippen MR) is 118 cm³/mol. The molecule has 0 amide bonds. The summed E-state index contributed by atoms with van der Waals surface area (Å²) in [5, 5.41) is 3.26. The third-order valence-electron chi connectivity index (χ3n) is 3.57. The molecular weight excluding hydrogens is 467 g/mol. The summed E-state index contributed by atoms with van der Waals surface area (Å²) < 4.78 is 30.5. The number of nitrogens with zero attached hydrogens (tertiary/aromatic N) is 2. The number of sulfonamides is 1. The van der Waals surface area contributed by atoms with Gasteiger partial charge >= 0.3 is 0 Å².